The topological polar surface area (TPSA) is 92.6 Å². The molecule has 0 saturated heterocycles. The predicted molar refractivity (Wildman–Crippen MR) is 103 cm³/mol. The monoisotopic (exact) mass is 367 g/mol. The average Bonchev–Trinajstić information content (AvgIpc) is 2.70. The number of methoxy groups -OCH3 is 2. The van der Waals surface area contributed by atoms with E-state index in [1.807, 2.05) is 13.0 Å². The van der Waals surface area contributed by atoms with Gasteiger partial charge in [0.1, 0.15) is 17.4 Å². The molecule has 0 spiro atoms. The van der Waals surface area contributed by atoms with E-state index >= 15 is 0 Å². The van der Waals surface area contributed by atoms with Gasteiger partial charge in [0.25, 0.3) is 5.91 Å². The van der Waals surface area contributed by atoms with Crippen LogP contribution in [0.25, 0.3) is 0 Å². The molecular formula is C20H21N3O4. The molecule has 0 aliphatic carbocycles. The SMILES string of the molecule is CCOc1ccc(NC(=O)/C(C#N)=C\Nc2ccc(OC)c(OC)c2)cc1. The third-order valence-electron chi connectivity index (χ3n) is 3.55. The highest BCUT2D eigenvalue weighted by molar-refractivity contribution is 6.06. The summed E-state index contributed by atoms with van der Waals surface area (Å²) in [4.78, 5) is 12.3. The Morgan fingerprint density at radius 2 is 1.74 bits per heavy atom. The molecule has 2 aromatic carbocycles. The Hall–Kier alpha value is -3.66. The number of nitrogens with zero attached hydrogens (tertiary/aromatic N) is 1. The van der Waals surface area contributed by atoms with Gasteiger partial charge in [-0.1, -0.05) is 0 Å². The molecule has 1 amide bonds. The Bertz CT molecular complexity index is 855. The number of hydrogen-bond acceptors (Lipinski definition) is 6. The maximum atomic E-state index is 12.3. The van der Waals surface area contributed by atoms with Gasteiger partial charge in [0.05, 0.1) is 20.8 Å². The van der Waals surface area contributed by atoms with Crippen molar-refractivity contribution in [2.45, 2.75) is 6.92 Å². The first-order valence-electron chi connectivity index (χ1n) is 8.24. The molecule has 27 heavy (non-hydrogen) atoms. The molecule has 0 aliphatic rings. The highest BCUT2D eigenvalue weighted by Gasteiger charge is 2.10. The van der Waals surface area contributed by atoms with Crippen molar-refractivity contribution in [1.82, 2.24) is 0 Å². The first kappa shape index (κ1) is 19.7. The van der Waals surface area contributed by atoms with Crippen LogP contribution < -0.4 is 24.8 Å². The van der Waals surface area contributed by atoms with Crippen LogP contribution in [0.1, 0.15) is 6.92 Å². The molecule has 0 fully saturated rings. The molecule has 0 heterocycles. The summed E-state index contributed by atoms with van der Waals surface area (Å²) in [5, 5.41) is 14.8. The zero-order chi connectivity index (χ0) is 19.6. The largest absolute Gasteiger partial charge is 0.494 e. The van der Waals surface area contributed by atoms with E-state index in [2.05, 4.69) is 10.6 Å². The van der Waals surface area contributed by atoms with E-state index in [1.165, 1.54) is 13.3 Å². The van der Waals surface area contributed by atoms with Crippen LogP contribution in [0.15, 0.2) is 54.2 Å². The number of ether oxygens (including phenoxy) is 3. The number of carbonyl (C=O) groups excluding carboxylic acids is 1. The fraction of sp³-hybridized carbons (Fsp3) is 0.200. The Balaban J connectivity index is 2.06. The summed E-state index contributed by atoms with van der Waals surface area (Å²) in [7, 11) is 3.08. The molecular weight excluding hydrogens is 346 g/mol. The van der Waals surface area contributed by atoms with E-state index in [-0.39, 0.29) is 5.57 Å². The second kappa shape index (κ2) is 9.73. The Morgan fingerprint density at radius 1 is 1.07 bits per heavy atom. The van der Waals surface area contributed by atoms with Crippen LogP contribution in [0, 0.1) is 11.3 Å². The summed E-state index contributed by atoms with van der Waals surface area (Å²) in [6.45, 7) is 2.46. The summed E-state index contributed by atoms with van der Waals surface area (Å²) < 4.78 is 15.7. The highest BCUT2D eigenvalue weighted by Crippen LogP contribution is 2.29. The van der Waals surface area contributed by atoms with Crippen LogP contribution in [0.5, 0.6) is 17.2 Å². The van der Waals surface area contributed by atoms with Crippen LogP contribution in [0.4, 0.5) is 11.4 Å². The minimum absolute atomic E-state index is 0.0707. The zero-order valence-corrected chi connectivity index (χ0v) is 15.4. The molecule has 0 aliphatic heterocycles. The molecule has 0 radical (unpaired) electrons. The van der Waals surface area contributed by atoms with Crippen molar-refractivity contribution in [3.05, 3.63) is 54.2 Å². The molecule has 0 aromatic heterocycles. The highest BCUT2D eigenvalue weighted by atomic mass is 16.5. The van der Waals surface area contributed by atoms with Crippen molar-refractivity contribution in [1.29, 1.82) is 5.26 Å². The second-order valence-corrected chi connectivity index (χ2v) is 5.30. The van der Waals surface area contributed by atoms with Gasteiger partial charge in [-0.05, 0) is 43.3 Å². The van der Waals surface area contributed by atoms with E-state index in [1.54, 1.807) is 49.6 Å². The van der Waals surface area contributed by atoms with Gasteiger partial charge < -0.3 is 24.8 Å². The van der Waals surface area contributed by atoms with E-state index in [4.69, 9.17) is 14.2 Å². The molecule has 2 rings (SSSR count). The van der Waals surface area contributed by atoms with Crippen LogP contribution in [0.3, 0.4) is 0 Å². The summed E-state index contributed by atoms with van der Waals surface area (Å²) in [6, 6.07) is 14.0. The number of nitrogens with one attached hydrogen (secondary N) is 2. The normalized spacial score (nSPS) is 10.5. The molecule has 2 aromatic rings. The number of carbonyl (C=O) groups is 1. The van der Waals surface area contributed by atoms with Gasteiger partial charge in [-0.3, -0.25) is 4.79 Å². The lowest BCUT2D eigenvalue weighted by atomic mass is 10.2. The lowest BCUT2D eigenvalue weighted by molar-refractivity contribution is -0.112. The number of benzene rings is 2. The average molecular weight is 367 g/mol. The summed E-state index contributed by atoms with van der Waals surface area (Å²) in [5.41, 5.74) is 1.14. The number of nitriles is 1. The predicted octanol–water partition coefficient (Wildman–Crippen LogP) is 3.56. The van der Waals surface area contributed by atoms with Gasteiger partial charge in [0, 0.05) is 23.6 Å². The summed E-state index contributed by atoms with van der Waals surface area (Å²) in [5.74, 6) is 1.31. The van der Waals surface area contributed by atoms with Crippen molar-refractivity contribution in [2.24, 2.45) is 0 Å². The van der Waals surface area contributed by atoms with E-state index in [0.717, 1.165) is 0 Å². The maximum absolute atomic E-state index is 12.3. The molecule has 140 valence electrons. The summed E-state index contributed by atoms with van der Waals surface area (Å²) >= 11 is 0. The van der Waals surface area contributed by atoms with Gasteiger partial charge in [-0.15, -0.1) is 0 Å². The standard InChI is InChI=1S/C20H21N3O4/c1-4-27-17-8-5-15(6-9-17)23-20(24)14(12-21)13-22-16-7-10-18(25-2)19(11-16)26-3/h5-11,13,22H,4H2,1-3H3,(H,23,24)/b14-13-. The Labute approximate surface area is 158 Å². The maximum Gasteiger partial charge on any atom is 0.267 e. The van der Waals surface area contributed by atoms with Crippen molar-refractivity contribution >= 4 is 17.3 Å². The van der Waals surface area contributed by atoms with Gasteiger partial charge >= 0.3 is 0 Å². The van der Waals surface area contributed by atoms with E-state index < -0.39 is 5.91 Å². The molecule has 7 heteroatoms. The first-order chi connectivity index (χ1) is 13.1. The van der Waals surface area contributed by atoms with Crippen molar-refractivity contribution in [3.63, 3.8) is 0 Å². The lowest BCUT2D eigenvalue weighted by Crippen LogP contribution is -2.14. The van der Waals surface area contributed by atoms with Gasteiger partial charge in [0.15, 0.2) is 11.5 Å². The molecule has 0 atom stereocenters. The number of anilines is 2. The first-order valence-corrected chi connectivity index (χ1v) is 8.24. The Morgan fingerprint density at radius 3 is 2.33 bits per heavy atom. The van der Waals surface area contributed by atoms with E-state index in [0.29, 0.717) is 35.2 Å². The fourth-order valence-corrected chi connectivity index (χ4v) is 2.23. The molecule has 0 saturated carbocycles. The van der Waals surface area contributed by atoms with Crippen LogP contribution in [-0.4, -0.2) is 26.7 Å². The molecule has 0 unspecified atom stereocenters. The van der Waals surface area contributed by atoms with Gasteiger partial charge in [0.2, 0.25) is 0 Å². The fourth-order valence-electron chi connectivity index (χ4n) is 2.23. The van der Waals surface area contributed by atoms with Crippen molar-refractivity contribution < 1.29 is 19.0 Å². The van der Waals surface area contributed by atoms with Gasteiger partial charge in [-0.25, -0.2) is 0 Å². The van der Waals surface area contributed by atoms with Crippen LogP contribution >= 0.6 is 0 Å². The third-order valence-corrected chi connectivity index (χ3v) is 3.55. The number of amides is 1. The Kier molecular flexibility index (Phi) is 7.08. The minimum atomic E-state index is -0.519. The van der Waals surface area contributed by atoms with E-state index in [9.17, 15) is 10.1 Å². The smallest absolute Gasteiger partial charge is 0.267 e. The molecule has 7 nitrogen and oxygen atoms in total. The van der Waals surface area contributed by atoms with Crippen molar-refractivity contribution in [3.8, 4) is 23.3 Å². The number of rotatable bonds is 8. The van der Waals surface area contributed by atoms with Crippen molar-refractivity contribution in [2.75, 3.05) is 31.5 Å². The quantitative estimate of drug-likeness (QED) is 0.547. The van der Waals surface area contributed by atoms with Gasteiger partial charge in [-0.2, -0.15) is 5.26 Å². The zero-order valence-electron chi connectivity index (χ0n) is 15.4. The number of hydrogen-bond donors (Lipinski definition) is 2. The molecule has 2 N–H and O–H groups in total. The van der Waals surface area contributed by atoms with Crippen LogP contribution in [-0.2, 0) is 4.79 Å². The van der Waals surface area contributed by atoms with Crippen LogP contribution in [0.2, 0.25) is 0 Å². The minimum Gasteiger partial charge on any atom is -0.494 e. The third kappa shape index (κ3) is 5.41. The lowest BCUT2D eigenvalue weighted by Gasteiger charge is -2.10. The second-order valence-electron chi connectivity index (χ2n) is 5.30. The molecule has 0 bridgehead atoms. The summed E-state index contributed by atoms with van der Waals surface area (Å²) in [6.07, 6.45) is 1.34.